The molecule has 2 rings (SSSR count). The average molecular weight is 230 g/mol. The van der Waals surface area contributed by atoms with E-state index in [0.29, 0.717) is 5.82 Å². The van der Waals surface area contributed by atoms with E-state index >= 15 is 0 Å². The summed E-state index contributed by atoms with van der Waals surface area (Å²) in [6.07, 6.45) is 1.40. The number of nitrogen functional groups attached to an aromatic ring is 1. The Morgan fingerprint density at radius 2 is 1.94 bits per heavy atom. The first-order valence-electron chi connectivity index (χ1n) is 5.22. The lowest BCUT2D eigenvalue weighted by molar-refractivity contribution is 0.412. The fourth-order valence-electron chi connectivity index (χ4n) is 1.67. The molecule has 0 fully saturated rings. The van der Waals surface area contributed by atoms with Crippen molar-refractivity contribution in [3.05, 3.63) is 29.6 Å². The molecular formula is C12H14N4O. The maximum Gasteiger partial charge on any atom is 0.223 e. The molecule has 0 saturated carbocycles. The summed E-state index contributed by atoms with van der Waals surface area (Å²) in [6, 6.07) is 3.93. The van der Waals surface area contributed by atoms with Gasteiger partial charge in [0.25, 0.3) is 0 Å². The van der Waals surface area contributed by atoms with E-state index in [4.69, 9.17) is 10.5 Å². The zero-order valence-electron chi connectivity index (χ0n) is 10.1. The first kappa shape index (κ1) is 11.3. The third kappa shape index (κ3) is 2.04. The molecular weight excluding hydrogens is 216 g/mol. The fourth-order valence-corrected chi connectivity index (χ4v) is 1.67. The van der Waals surface area contributed by atoms with E-state index in [1.165, 1.54) is 6.33 Å². The van der Waals surface area contributed by atoms with Crippen LogP contribution in [0.2, 0.25) is 0 Å². The number of nitrogens with two attached hydrogens (primary N) is 1. The second-order valence-electron chi connectivity index (χ2n) is 3.76. The molecule has 0 aliphatic carbocycles. The van der Waals surface area contributed by atoms with Crippen molar-refractivity contribution >= 4 is 5.95 Å². The fraction of sp³-hybridized carbons (Fsp3) is 0.250. The number of rotatable bonds is 2. The molecule has 17 heavy (non-hydrogen) atoms. The zero-order valence-corrected chi connectivity index (χ0v) is 10.1. The number of hydrogen-bond donors (Lipinski definition) is 1. The number of nitrogens with zero attached hydrogens (tertiary/aromatic N) is 3. The predicted octanol–water partition coefficient (Wildman–Crippen LogP) is 1.75. The van der Waals surface area contributed by atoms with E-state index in [2.05, 4.69) is 15.0 Å². The Bertz CT molecular complexity index is 554. The Kier molecular flexibility index (Phi) is 2.91. The smallest absolute Gasteiger partial charge is 0.223 e. The Morgan fingerprint density at radius 3 is 2.59 bits per heavy atom. The highest BCUT2D eigenvalue weighted by Crippen LogP contribution is 2.32. The van der Waals surface area contributed by atoms with Gasteiger partial charge in [0.2, 0.25) is 5.95 Å². The van der Waals surface area contributed by atoms with Crippen LogP contribution in [0.15, 0.2) is 18.5 Å². The molecule has 1 heterocycles. The first-order chi connectivity index (χ1) is 8.13. The topological polar surface area (TPSA) is 73.9 Å². The van der Waals surface area contributed by atoms with Crippen molar-refractivity contribution in [2.45, 2.75) is 13.8 Å². The van der Waals surface area contributed by atoms with E-state index < -0.39 is 0 Å². The van der Waals surface area contributed by atoms with Crippen molar-refractivity contribution in [2.75, 3.05) is 12.8 Å². The van der Waals surface area contributed by atoms with E-state index in [0.717, 1.165) is 22.4 Å². The molecule has 88 valence electrons. The summed E-state index contributed by atoms with van der Waals surface area (Å²) in [5.41, 5.74) is 8.61. The minimum Gasteiger partial charge on any atom is -0.496 e. The maximum atomic E-state index is 5.55. The standard InChI is InChI=1S/C12H14N4O/c1-7-4-5-9(10(17-3)8(7)2)11-14-6-15-12(13)16-11/h4-6H,1-3H3,(H2,13,14,15,16). The van der Waals surface area contributed by atoms with Crippen molar-refractivity contribution in [3.8, 4) is 17.1 Å². The average Bonchev–Trinajstić information content (AvgIpc) is 2.32. The summed E-state index contributed by atoms with van der Waals surface area (Å²) in [6.45, 7) is 4.03. The normalized spacial score (nSPS) is 10.3. The largest absolute Gasteiger partial charge is 0.496 e. The van der Waals surface area contributed by atoms with Crippen LogP contribution in [0.1, 0.15) is 11.1 Å². The van der Waals surface area contributed by atoms with Crippen LogP contribution >= 0.6 is 0 Å². The third-order valence-corrected chi connectivity index (χ3v) is 2.71. The number of anilines is 1. The van der Waals surface area contributed by atoms with Crippen LogP contribution < -0.4 is 10.5 Å². The molecule has 1 aromatic carbocycles. The van der Waals surface area contributed by atoms with Crippen LogP contribution in [-0.4, -0.2) is 22.1 Å². The molecule has 1 aromatic heterocycles. The number of methoxy groups -OCH3 is 1. The van der Waals surface area contributed by atoms with Crippen molar-refractivity contribution in [2.24, 2.45) is 0 Å². The molecule has 2 N–H and O–H groups in total. The number of ether oxygens (including phenoxy) is 1. The quantitative estimate of drug-likeness (QED) is 0.850. The molecule has 5 heteroatoms. The van der Waals surface area contributed by atoms with Crippen LogP contribution in [0, 0.1) is 13.8 Å². The lowest BCUT2D eigenvalue weighted by Crippen LogP contribution is -2.00. The van der Waals surface area contributed by atoms with Crippen LogP contribution in [0.3, 0.4) is 0 Å². The minimum absolute atomic E-state index is 0.204. The lowest BCUT2D eigenvalue weighted by atomic mass is 10.0. The zero-order chi connectivity index (χ0) is 12.4. The summed E-state index contributed by atoms with van der Waals surface area (Å²) >= 11 is 0. The molecule has 0 atom stereocenters. The predicted molar refractivity (Wildman–Crippen MR) is 65.7 cm³/mol. The van der Waals surface area contributed by atoms with Crippen molar-refractivity contribution in [1.29, 1.82) is 0 Å². The third-order valence-electron chi connectivity index (χ3n) is 2.71. The van der Waals surface area contributed by atoms with Gasteiger partial charge in [-0.25, -0.2) is 9.97 Å². The Labute approximate surface area is 99.7 Å². The Morgan fingerprint density at radius 1 is 1.18 bits per heavy atom. The van der Waals surface area contributed by atoms with Gasteiger partial charge in [-0.1, -0.05) is 6.07 Å². The summed E-state index contributed by atoms with van der Waals surface area (Å²) in [7, 11) is 1.63. The molecule has 0 radical (unpaired) electrons. The lowest BCUT2D eigenvalue weighted by Gasteiger charge is -2.12. The highest BCUT2D eigenvalue weighted by molar-refractivity contribution is 5.68. The number of benzene rings is 1. The highest BCUT2D eigenvalue weighted by atomic mass is 16.5. The van der Waals surface area contributed by atoms with Gasteiger partial charge in [-0.3, -0.25) is 0 Å². The SMILES string of the molecule is COc1c(-c2ncnc(N)n2)ccc(C)c1C. The number of hydrogen-bond acceptors (Lipinski definition) is 5. The second kappa shape index (κ2) is 4.37. The summed E-state index contributed by atoms with van der Waals surface area (Å²) in [5, 5.41) is 0. The second-order valence-corrected chi connectivity index (χ2v) is 3.76. The molecule has 5 nitrogen and oxygen atoms in total. The van der Waals surface area contributed by atoms with Gasteiger partial charge in [0.1, 0.15) is 12.1 Å². The molecule has 0 aliphatic rings. The summed E-state index contributed by atoms with van der Waals surface area (Å²) < 4.78 is 5.41. The maximum absolute atomic E-state index is 5.55. The van der Waals surface area contributed by atoms with Gasteiger partial charge in [-0.15, -0.1) is 0 Å². The highest BCUT2D eigenvalue weighted by Gasteiger charge is 2.12. The molecule has 0 aliphatic heterocycles. The van der Waals surface area contributed by atoms with E-state index in [9.17, 15) is 0 Å². The van der Waals surface area contributed by atoms with E-state index in [1.807, 2.05) is 26.0 Å². The first-order valence-corrected chi connectivity index (χ1v) is 5.22. The monoisotopic (exact) mass is 230 g/mol. The summed E-state index contributed by atoms with van der Waals surface area (Å²) in [5.74, 6) is 1.50. The van der Waals surface area contributed by atoms with Crippen LogP contribution in [0.25, 0.3) is 11.4 Å². The molecule has 0 amide bonds. The molecule has 0 saturated heterocycles. The van der Waals surface area contributed by atoms with E-state index in [-0.39, 0.29) is 5.95 Å². The Balaban J connectivity index is 2.63. The van der Waals surface area contributed by atoms with Gasteiger partial charge in [-0.2, -0.15) is 4.98 Å². The van der Waals surface area contributed by atoms with Gasteiger partial charge in [0.15, 0.2) is 5.82 Å². The van der Waals surface area contributed by atoms with Crippen molar-refractivity contribution in [3.63, 3.8) is 0 Å². The van der Waals surface area contributed by atoms with Gasteiger partial charge in [0, 0.05) is 0 Å². The minimum atomic E-state index is 0.204. The van der Waals surface area contributed by atoms with Crippen LogP contribution in [0.5, 0.6) is 5.75 Å². The van der Waals surface area contributed by atoms with E-state index in [1.54, 1.807) is 7.11 Å². The molecule has 0 spiro atoms. The van der Waals surface area contributed by atoms with Crippen LogP contribution in [-0.2, 0) is 0 Å². The number of aromatic nitrogens is 3. The van der Waals surface area contributed by atoms with Crippen molar-refractivity contribution in [1.82, 2.24) is 15.0 Å². The summed E-state index contributed by atoms with van der Waals surface area (Å²) in [4.78, 5) is 12.0. The molecule has 0 bridgehead atoms. The van der Waals surface area contributed by atoms with Crippen molar-refractivity contribution < 1.29 is 4.74 Å². The van der Waals surface area contributed by atoms with Gasteiger partial charge in [0.05, 0.1) is 12.7 Å². The Hall–Kier alpha value is -2.17. The number of aryl methyl sites for hydroxylation is 1. The van der Waals surface area contributed by atoms with Gasteiger partial charge >= 0.3 is 0 Å². The van der Waals surface area contributed by atoms with Gasteiger partial charge in [-0.05, 0) is 31.0 Å². The molecule has 0 unspecified atom stereocenters. The van der Waals surface area contributed by atoms with Gasteiger partial charge < -0.3 is 10.5 Å². The van der Waals surface area contributed by atoms with Crippen LogP contribution in [0.4, 0.5) is 5.95 Å². The molecule has 2 aromatic rings.